The Bertz CT molecular complexity index is 984. The zero-order valence-electron chi connectivity index (χ0n) is 38.3. The molecule has 57 heavy (non-hydrogen) atoms. The highest BCUT2D eigenvalue weighted by Crippen LogP contribution is 2.43. The van der Waals surface area contributed by atoms with Crippen molar-refractivity contribution in [3.63, 3.8) is 0 Å². The van der Waals surface area contributed by atoms with E-state index in [0.717, 1.165) is 38.5 Å². The van der Waals surface area contributed by atoms with E-state index in [1.165, 1.54) is 167 Å². The number of unbranched alkanes of at least 4 members (excludes halogenated alkanes) is 29. The van der Waals surface area contributed by atoms with E-state index in [4.69, 9.17) is 9.05 Å². The lowest BCUT2D eigenvalue weighted by Crippen LogP contribution is -2.45. The lowest BCUT2D eigenvalue weighted by molar-refractivity contribution is -0.870. The maximum absolute atomic E-state index is 12.9. The van der Waals surface area contributed by atoms with E-state index in [-0.39, 0.29) is 19.1 Å². The van der Waals surface area contributed by atoms with E-state index in [1.54, 1.807) is 6.08 Å². The molecule has 0 saturated heterocycles. The fraction of sp³-hybridized carbons (Fsp3) is 0.896. The summed E-state index contributed by atoms with van der Waals surface area (Å²) in [5.74, 6) is -0.184. The molecule has 0 rings (SSSR count). The fourth-order valence-corrected chi connectivity index (χ4v) is 7.79. The van der Waals surface area contributed by atoms with Crippen LogP contribution in [0.4, 0.5) is 0 Å². The van der Waals surface area contributed by atoms with Crippen LogP contribution in [0.25, 0.3) is 0 Å². The molecule has 0 aromatic heterocycles. The summed E-state index contributed by atoms with van der Waals surface area (Å²) in [6, 6.07) is -0.858. The molecule has 0 aromatic carbocycles. The summed E-state index contributed by atoms with van der Waals surface area (Å²) in [7, 11) is 1.56. The third kappa shape index (κ3) is 42.9. The predicted molar refractivity (Wildman–Crippen MR) is 245 cm³/mol. The second kappa shape index (κ2) is 40.4. The van der Waals surface area contributed by atoms with Gasteiger partial charge in [0.2, 0.25) is 5.91 Å². The Balaban J connectivity index is 4.39. The van der Waals surface area contributed by atoms with E-state index >= 15 is 0 Å². The summed E-state index contributed by atoms with van der Waals surface area (Å²) in [5, 5.41) is 13.8. The number of aliphatic hydroxyl groups excluding tert-OH is 1. The number of allylic oxidation sites excluding steroid dienone is 3. The van der Waals surface area contributed by atoms with Crippen LogP contribution in [0.5, 0.6) is 0 Å². The highest BCUT2D eigenvalue weighted by Gasteiger charge is 2.27. The van der Waals surface area contributed by atoms with Crippen molar-refractivity contribution < 1.29 is 32.9 Å². The van der Waals surface area contributed by atoms with Crippen LogP contribution in [0.2, 0.25) is 0 Å². The first-order valence-corrected chi connectivity index (χ1v) is 25.7. The molecule has 0 aliphatic heterocycles. The molecule has 0 aromatic rings. The second-order valence-corrected chi connectivity index (χ2v) is 19.3. The van der Waals surface area contributed by atoms with Gasteiger partial charge in [0.15, 0.2) is 0 Å². The van der Waals surface area contributed by atoms with Gasteiger partial charge in [-0.2, -0.15) is 0 Å². The van der Waals surface area contributed by atoms with Crippen LogP contribution in [-0.4, -0.2) is 73.4 Å². The van der Waals surface area contributed by atoms with Crippen LogP contribution in [0.15, 0.2) is 24.3 Å². The molecule has 3 atom stereocenters. The Morgan fingerprint density at radius 2 is 0.965 bits per heavy atom. The largest absolute Gasteiger partial charge is 0.472 e. The molecule has 8 nitrogen and oxygen atoms in total. The lowest BCUT2D eigenvalue weighted by Gasteiger charge is -2.25. The van der Waals surface area contributed by atoms with Crippen LogP contribution in [-0.2, 0) is 18.4 Å². The molecule has 0 aliphatic rings. The van der Waals surface area contributed by atoms with Gasteiger partial charge in [-0.15, -0.1) is 0 Å². The molecule has 338 valence electrons. The number of carbonyl (C=O) groups excluding carboxylic acids is 1. The first-order chi connectivity index (χ1) is 27.5. The van der Waals surface area contributed by atoms with Crippen LogP contribution < -0.4 is 5.32 Å². The maximum atomic E-state index is 12.9. The first-order valence-electron chi connectivity index (χ1n) is 24.2. The Kier molecular flexibility index (Phi) is 39.7. The number of hydrogen-bond acceptors (Lipinski definition) is 5. The standard InChI is InChI=1S/C48H95N2O6P/c1-6-8-10-12-14-16-18-20-22-24-25-26-27-29-31-33-35-37-39-41-47(51)46(45-56-57(53,54)55-44-43-50(3,4)5)49-48(52)42-40-38-36-34-32-30-28-23-21-19-17-15-13-11-9-7-2/h31,33,39,41,46-47,51H,6-30,32,34-38,40,42-45H2,1-5H3,(H-,49,52,53,54)/p+1/b33-31+,41-39+. The number of nitrogens with zero attached hydrogens (tertiary/aromatic N) is 1. The molecule has 0 spiro atoms. The molecule has 0 heterocycles. The molecular weight excluding hydrogens is 732 g/mol. The minimum Gasteiger partial charge on any atom is -0.387 e. The number of carbonyl (C=O) groups is 1. The van der Waals surface area contributed by atoms with Crippen LogP contribution >= 0.6 is 7.82 Å². The molecule has 9 heteroatoms. The third-order valence-corrected chi connectivity index (χ3v) is 11.9. The number of phosphoric acid groups is 1. The Hall–Kier alpha value is -1.02. The molecule has 1 amide bonds. The zero-order valence-corrected chi connectivity index (χ0v) is 39.2. The second-order valence-electron chi connectivity index (χ2n) is 17.8. The molecule has 0 saturated carbocycles. The molecule has 0 aliphatic carbocycles. The summed E-state index contributed by atoms with van der Waals surface area (Å²) >= 11 is 0. The number of aliphatic hydroxyl groups is 1. The van der Waals surface area contributed by atoms with E-state index in [9.17, 15) is 19.4 Å². The first kappa shape index (κ1) is 56.0. The molecular formula is C48H96N2O6P+. The topological polar surface area (TPSA) is 105 Å². The minimum atomic E-state index is -4.34. The number of hydrogen-bond donors (Lipinski definition) is 3. The van der Waals surface area contributed by atoms with Gasteiger partial charge in [-0.25, -0.2) is 4.57 Å². The molecule has 0 radical (unpaired) electrons. The highest BCUT2D eigenvalue weighted by atomic mass is 31.2. The molecule has 3 N–H and O–H groups in total. The number of likely N-dealkylation sites (N-methyl/N-ethyl adjacent to an activating group) is 1. The van der Waals surface area contributed by atoms with Crippen molar-refractivity contribution >= 4 is 13.7 Å². The number of phosphoric ester groups is 1. The molecule has 0 fully saturated rings. The molecule has 0 bridgehead atoms. The predicted octanol–water partition coefficient (Wildman–Crippen LogP) is 13.7. The summed E-state index contributed by atoms with van der Waals surface area (Å²) < 4.78 is 23.6. The smallest absolute Gasteiger partial charge is 0.387 e. The van der Waals surface area contributed by atoms with Gasteiger partial charge in [0.25, 0.3) is 0 Å². The van der Waals surface area contributed by atoms with Crippen molar-refractivity contribution in [2.45, 2.75) is 238 Å². The van der Waals surface area contributed by atoms with Crippen LogP contribution in [0, 0.1) is 0 Å². The van der Waals surface area contributed by atoms with Crippen molar-refractivity contribution in [2.75, 3.05) is 40.9 Å². The average molecular weight is 828 g/mol. The Morgan fingerprint density at radius 3 is 1.40 bits per heavy atom. The number of nitrogens with one attached hydrogen (secondary N) is 1. The normalized spacial score (nSPS) is 14.4. The minimum absolute atomic E-state index is 0.0584. The van der Waals surface area contributed by atoms with E-state index < -0.39 is 20.0 Å². The van der Waals surface area contributed by atoms with Gasteiger partial charge in [0.1, 0.15) is 13.2 Å². The summed E-state index contributed by atoms with van der Waals surface area (Å²) in [5.41, 5.74) is 0. The van der Waals surface area contributed by atoms with Crippen molar-refractivity contribution in [2.24, 2.45) is 0 Å². The van der Waals surface area contributed by atoms with Gasteiger partial charge < -0.3 is 19.8 Å². The van der Waals surface area contributed by atoms with Gasteiger partial charge in [0.05, 0.1) is 39.9 Å². The van der Waals surface area contributed by atoms with Crippen molar-refractivity contribution in [3.8, 4) is 0 Å². The Labute approximate surface area is 354 Å². The van der Waals surface area contributed by atoms with Crippen LogP contribution in [0.3, 0.4) is 0 Å². The van der Waals surface area contributed by atoms with Crippen LogP contribution in [0.1, 0.15) is 226 Å². The maximum Gasteiger partial charge on any atom is 0.472 e. The van der Waals surface area contributed by atoms with Gasteiger partial charge in [-0.05, 0) is 32.1 Å². The van der Waals surface area contributed by atoms with E-state index in [1.807, 2.05) is 27.2 Å². The van der Waals surface area contributed by atoms with E-state index in [0.29, 0.717) is 17.4 Å². The summed E-state index contributed by atoms with van der Waals surface area (Å²) in [6.45, 7) is 4.81. The quantitative estimate of drug-likeness (QED) is 0.0244. The number of quaternary nitrogens is 1. The zero-order chi connectivity index (χ0) is 42.1. The fourth-order valence-electron chi connectivity index (χ4n) is 7.06. The van der Waals surface area contributed by atoms with Crippen molar-refractivity contribution in [3.05, 3.63) is 24.3 Å². The average Bonchev–Trinajstić information content (AvgIpc) is 3.16. The van der Waals surface area contributed by atoms with E-state index in [2.05, 4.69) is 31.3 Å². The lowest BCUT2D eigenvalue weighted by atomic mass is 10.0. The monoisotopic (exact) mass is 828 g/mol. The number of amides is 1. The molecule has 3 unspecified atom stereocenters. The summed E-state index contributed by atoms with van der Waals surface area (Å²) in [6.07, 6.45) is 48.2. The van der Waals surface area contributed by atoms with Gasteiger partial charge >= 0.3 is 7.82 Å². The van der Waals surface area contributed by atoms with Crippen molar-refractivity contribution in [1.29, 1.82) is 0 Å². The van der Waals surface area contributed by atoms with Gasteiger partial charge in [-0.1, -0.05) is 212 Å². The summed E-state index contributed by atoms with van der Waals surface area (Å²) in [4.78, 5) is 23.2. The third-order valence-electron chi connectivity index (χ3n) is 10.9. The van der Waals surface area contributed by atoms with Gasteiger partial charge in [-0.3, -0.25) is 13.8 Å². The Morgan fingerprint density at radius 1 is 0.579 bits per heavy atom. The SMILES string of the molecule is CCCCCCCCCCCCCCC/C=C/CC/C=C/C(O)C(COP(=O)(O)OCC[N+](C)(C)C)NC(=O)CCCCCCCCCCCCCCCCCC. The van der Waals surface area contributed by atoms with Crippen molar-refractivity contribution in [1.82, 2.24) is 5.32 Å². The van der Waals surface area contributed by atoms with Gasteiger partial charge in [0, 0.05) is 6.42 Å². The number of rotatable bonds is 44. The highest BCUT2D eigenvalue weighted by molar-refractivity contribution is 7.47.